The molecule has 0 aliphatic heterocycles. The lowest BCUT2D eigenvalue weighted by molar-refractivity contribution is 0.668. The average Bonchev–Trinajstić information content (AvgIpc) is 3.47. The highest BCUT2D eigenvalue weighted by Crippen LogP contribution is 2.41. The number of fused-ring (bicyclic) bond motifs is 6. The summed E-state index contributed by atoms with van der Waals surface area (Å²) in [6.45, 7) is 8.33. The normalized spacial score (nSPS) is 11.5. The predicted octanol–water partition coefficient (Wildman–Crippen LogP) is 10.5. The molecule has 8 rings (SSSR count). The van der Waals surface area contributed by atoms with Crippen molar-refractivity contribution in [3.05, 3.63) is 140 Å². The van der Waals surface area contributed by atoms with Gasteiger partial charge in [0.25, 0.3) is 0 Å². The summed E-state index contributed by atoms with van der Waals surface area (Å²) < 4.78 is 6.78. The van der Waals surface area contributed by atoms with Gasteiger partial charge in [-0.2, -0.15) is 0 Å². The first-order valence-corrected chi connectivity index (χ1v) is 15.1. The Kier molecular flexibility index (Phi) is 6.22. The monoisotopic (exact) mass is 582 g/mol. The van der Waals surface area contributed by atoms with E-state index in [1.807, 2.05) is 60.7 Å². The lowest BCUT2D eigenvalue weighted by Gasteiger charge is -2.16. The first-order chi connectivity index (χ1) is 21.7. The Morgan fingerprint density at radius 3 is 1.91 bits per heavy atom. The van der Waals surface area contributed by atoms with Crippen molar-refractivity contribution in [2.24, 2.45) is 0 Å². The van der Waals surface area contributed by atoms with Crippen molar-refractivity contribution in [3.8, 4) is 33.8 Å². The molecule has 3 nitrogen and oxygen atoms in total. The fourth-order valence-corrected chi connectivity index (χ4v) is 6.77. The van der Waals surface area contributed by atoms with Gasteiger partial charge in [-0.3, -0.25) is 0 Å². The van der Waals surface area contributed by atoms with Crippen molar-refractivity contribution < 1.29 is 4.42 Å². The van der Waals surface area contributed by atoms with Gasteiger partial charge >= 0.3 is 0 Å². The Bertz CT molecular complexity index is 2430. The van der Waals surface area contributed by atoms with Gasteiger partial charge in [0.05, 0.1) is 0 Å². The molecule has 0 saturated heterocycles. The van der Waals surface area contributed by atoms with E-state index in [9.17, 15) is 0 Å². The second kappa shape index (κ2) is 10.4. The largest absolute Gasteiger partial charge is 0.451 e. The van der Waals surface area contributed by atoms with Gasteiger partial charge in [0.2, 0.25) is 0 Å². The van der Waals surface area contributed by atoms with Gasteiger partial charge in [-0.25, -0.2) is 9.97 Å². The quantitative estimate of drug-likeness (QED) is 0.150. The van der Waals surface area contributed by atoms with E-state index in [0.717, 1.165) is 66.3 Å². The molecule has 1 atom stereocenters. The summed E-state index contributed by atoms with van der Waals surface area (Å²) in [5, 5.41) is 6.69. The Hall–Kier alpha value is -5.37. The van der Waals surface area contributed by atoms with E-state index in [4.69, 9.17) is 14.4 Å². The molecule has 0 amide bonds. The summed E-state index contributed by atoms with van der Waals surface area (Å²) in [5.41, 5.74) is 9.20. The molecule has 0 saturated carbocycles. The topological polar surface area (TPSA) is 38.9 Å². The van der Waals surface area contributed by atoms with Crippen molar-refractivity contribution in [1.82, 2.24) is 9.97 Å². The number of furan rings is 1. The molecule has 8 aromatic rings. The molecule has 0 bridgehead atoms. The summed E-state index contributed by atoms with van der Waals surface area (Å²) in [5.74, 6) is 0.668. The molecule has 44 heavy (non-hydrogen) atoms. The van der Waals surface area contributed by atoms with Crippen LogP contribution in [0.3, 0.4) is 0 Å². The van der Waals surface area contributed by atoms with Gasteiger partial charge in [-0.1, -0.05) is 122 Å². The van der Waals surface area contributed by atoms with E-state index < -0.39 is 0 Å². The lowest BCUT2D eigenvalue weighted by Crippen LogP contribution is -2.00. The molecular weight excluding hydrogens is 555 g/mol. The standard InChI is InChI=1S/C40H27N2OP/c1-3-26-27(4-2)32-22-34(35(44)23-33(32)29-19-12-11-18-28(26)29)30-20-13-21-31-37-39(43-38(30)31)36(24-14-7-5-8-15-24)41-40(42-37)25-16-9-6-10-17-25/h3-23H,1-2,44H2. The van der Waals surface area contributed by atoms with Crippen molar-refractivity contribution in [2.75, 3.05) is 0 Å². The Morgan fingerprint density at radius 1 is 0.545 bits per heavy atom. The van der Waals surface area contributed by atoms with Gasteiger partial charge in [0.15, 0.2) is 11.4 Å². The van der Waals surface area contributed by atoms with Crippen molar-refractivity contribution in [2.45, 2.75) is 0 Å². The van der Waals surface area contributed by atoms with E-state index >= 15 is 0 Å². The highest BCUT2D eigenvalue weighted by atomic mass is 31.0. The summed E-state index contributed by atoms with van der Waals surface area (Å²) in [6, 6.07) is 39.6. The van der Waals surface area contributed by atoms with Gasteiger partial charge in [0.1, 0.15) is 16.8 Å². The zero-order chi connectivity index (χ0) is 29.8. The van der Waals surface area contributed by atoms with Gasteiger partial charge in [-0.05, 0) is 61.7 Å². The van der Waals surface area contributed by atoms with Crippen molar-refractivity contribution >= 4 is 70.3 Å². The fraction of sp³-hybridized carbons (Fsp3) is 0. The van der Waals surface area contributed by atoms with Gasteiger partial charge < -0.3 is 4.42 Å². The van der Waals surface area contributed by atoms with E-state index in [-0.39, 0.29) is 0 Å². The number of hydrogen-bond donors (Lipinski definition) is 0. The second-order valence-corrected chi connectivity index (χ2v) is 11.5. The maximum Gasteiger partial charge on any atom is 0.180 e. The summed E-state index contributed by atoms with van der Waals surface area (Å²) >= 11 is 0. The molecule has 2 aromatic heterocycles. The third-order valence-electron chi connectivity index (χ3n) is 8.39. The molecule has 1 unspecified atom stereocenters. The fourth-order valence-electron chi connectivity index (χ4n) is 6.36. The number of rotatable bonds is 5. The van der Waals surface area contributed by atoms with E-state index in [2.05, 4.69) is 89.1 Å². The molecular formula is C40H27N2OP. The maximum absolute atomic E-state index is 6.78. The van der Waals surface area contributed by atoms with Crippen LogP contribution in [0.25, 0.3) is 89.5 Å². The van der Waals surface area contributed by atoms with Crippen LogP contribution in [-0.2, 0) is 0 Å². The van der Waals surface area contributed by atoms with Crippen LogP contribution < -0.4 is 5.30 Å². The highest BCUT2D eigenvalue weighted by molar-refractivity contribution is 7.28. The molecule has 0 aliphatic carbocycles. The minimum Gasteiger partial charge on any atom is -0.451 e. The van der Waals surface area contributed by atoms with Crippen LogP contribution in [0, 0.1) is 0 Å². The lowest BCUT2D eigenvalue weighted by atomic mass is 9.89. The Balaban J connectivity index is 1.45. The SMILES string of the molecule is C=Cc1c(C=C)c2cc(-c3cccc4c3oc3c(-c5ccccc5)nc(-c5ccccc5)nc34)c(P)cc2c2ccccc12. The number of benzene rings is 6. The van der Waals surface area contributed by atoms with Crippen molar-refractivity contribution in [1.29, 1.82) is 0 Å². The van der Waals surface area contributed by atoms with E-state index in [1.54, 1.807) is 0 Å². The molecule has 0 N–H and O–H groups in total. The smallest absolute Gasteiger partial charge is 0.180 e. The third kappa shape index (κ3) is 4.01. The zero-order valence-electron chi connectivity index (χ0n) is 23.9. The van der Waals surface area contributed by atoms with Gasteiger partial charge in [-0.15, -0.1) is 9.24 Å². The average molecular weight is 583 g/mol. The number of para-hydroxylation sites is 1. The highest BCUT2D eigenvalue weighted by Gasteiger charge is 2.21. The Labute approximate surface area is 257 Å². The minimum atomic E-state index is 0.668. The number of nitrogens with zero attached hydrogens (tertiary/aromatic N) is 2. The molecule has 208 valence electrons. The van der Waals surface area contributed by atoms with Crippen molar-refractivity contribution in [3.63, 3.8) is 0 Å². The predicted molar refractivity (Wildman–Crippen MR) is 190 cm³/mol. The number of aromatic nitrogens is 2. The molecule has 0 aliphatic rings. The third-order valence-corrected chi connectivity index (χ3v) is 8.87. The molecule has 0 spiro atoms. The Morgan fingerprint density at radius 2 is 1.18 bits per heavy atom. The van der Waals surface area contributed by atoms with E-state index in [1.165, 1.54) is 16.2 Å². The van der Waals surface area contributed by atoms with Crippen LogP contribution in [0.15, 0.2) is 133 Å². The molecule has 4 heteroatoms. The van der Waals surface area contributed by atoms with Crippen LogP contribution in [0.4, 0.5) is 0 Å². The zero-order valence-corrected chi connectivity index (χ0v) is 25.1. The molecule has 6 aromatic carbocycles. The number of hydrogen-bond acceptors (Lipinski definition) is 3. The van der Waals surface area contributed by atoms with Crippen LogP contribution in [0.5, 0.6) is 0 Å². The molecule has 0 radical (unpaired) electrons. The molecule has 2 heterocycles. The summed E-state index contributed by atoms with van der Waals surface area (Å²) in [7, 11) is 2.95. The van der Waals surface area contributed by atoms with E-state index in [0.29, 0.717) is 11.4 Å². The summed E-state index contributed by atoms with van der Waals surface area (Å²) in [4.78, 5) is 10.1. The molecule has 0 fully saturated rings. The van der Waals surface area contributed by atoms with Crippen LogP contribution in [0.1, 0.15) is 11.1 Å². The second-order valence-electron chi connectivity index (χ2n) is 10.9. The van der Waals surface area contributed by atoms with Crippen LogP contribution in [0.2, 0.25) is 0 Å². The maximum atomic E-state index is 6.78. The first kappa shape index (κ1) is 26.3. The first-order valence-electron chi connectivity index (χ1n) is 14.5. The van der Waals surface area contributed by atoms with Crippen LogP contribution in [-0.4, -0.2) is 9.97 Å². The summed E-state index contributed by atoms with van der Waals surface area (Å²) in [6.07, 6.45) is 3.87. The van der Waals surface area contributed by atoms with Gasteiger partial charge in [0, 0.05) is 22.1 Å². The van der Waals surface area contributed by atoms with Crippen LogP contribution >= 0.6 is 9.24 Å². The minimum absolute atomic E-state index is 0.668.